The van der Waals surface area contributed by atoms with Gasteiger partial charge < -0.3 is 4.57 Å². The Morgan fingerprint density at radius 1 is 0.906 bits per heavy atom. The molecule has 0 bridgehead atoms. The monoisotopic (exact) mass is 453 g/mol. The molecule has 0 saturated carbocycles. The van der Waals surface area contributed by atoms with Crippen molar-refractivity contribution in [1.82, 2.24) is 14.3 Å². The van der Waals surface area contributed by atoms with Gasteiger partial charge in [-0.25, -0.2) is 17.9 Å². The number of aromatic nitrogens is 3. The van der Waals surface area contributed by atoms with Crippen LogP contribution in [0.3, 0.4) is 0 Å². The molecule has 0 aromatic heterocycles. The Morgan fingerprint density at radius 3 is 2.41 bits per heavy atom. The Balaban J connectivity index is 1.69. The van der Waals surface area contributed by atoms with E-state index in [4.69, 9.17) is 11.6 Å². The summed E-state index contributed by atoms with van der Waals surface area (Å²) >= 11 is 6.11. The number of hydrogen-bond acceptors (Lipinski definition) is 2. The van der Waals surface area contributed by atoms with E-state index in [-0.39, 0.29) is 28.5 Å². The standard InChI is InChI=1S/C24H15ClF3N3O/c25-20-2-1-3-21(28)18(20)13-31-24(32)19-12-30(11-14-4-6-15(26)7-5-14)22-9-8-16(27)10-17(22)23(19)29-31/h1-10,12H,11,13H2. The van der Waals surface area contributed by atoms with Crippen LogP contribution in [-0.4, -0.2) is 14.3 Å². The first kappa shape index (κ1) is 20.3. The van der Waals surface area contributed by atoms with Gasteiger partial charge in [0.25, 0.3) is 5.56 Å². The summed E-state index contributed by atoms with van der Waals surface area (Å²) in [6.07, 6.45) is 1.63. The van der Waals surface area contributed by atoms with Gasteiger partial charge in [-0.3, -0.25) is 4.79 Å². The van der Waals surface area contributed by atoms with Gasteiger partial charge in [-0.2, -0.15) is 5.10 Å². The number of hydrogen-bond donors (Lipinski definition) is 0. The zero-order valence-corrected chi connectivity index (χ0v) is 17.3. The third-order valence-corrected chi connectivity index (χ3v) is 5.74. The van der Waals surface area contributed by atoms with Crippen LogP contribution in [-0.2, 0) is 13.1 Å². The summed E-state index contributed by atoms with van der Waals surface area (Å²) in [4.78, 5) is 13.1. The van der Waals surface area contributed by atoms with Crippen molar-refractivity contribution in [3.05, 3.63) is 111 Å². The van der Waals surface area contributed by atoms with Gasteiger partial charge in [0.2, 0.25) is 0 Å². The maximum Gasteiger partial charge on any atom is 0.278 e. The largest absolute Gasteiger partial charge is 0.342 e. The molecule has 5 rings (SSSR count). The van der Waals surface area contributed by atoms with Crippen molar-refractivity contribution >= 4 is 22.5 Å². The summed E-state index contributed by atoms with van der Waals surface area (Å²) in [5, 5.41) is 5.00. The van der Waals surface area contributed by atoms with E-state index in [0.29, 0.717) is 23.1 Å². The highest BCUT2D eigenvalue weighted by Gasteiger charge is 2.22. The molecule has 2 heterocycles. The maximum atomic E-state index is 14.3. The molecule has 2 aliphatic rings. The second-order valence-corrected chi connectivity index (χ2v) is 7.88. The van der Waals surface area contributed by atoms with Gasteiger partial charge >= 0.3 is 0 Å². The molecule has 0 fully saturated rings. The van der Waals surface area contributed by atoms with Crippen LogP contribution >= 0.6 is 11.6 Å². The predicted octanol–water partition coefficient (Wildman–Crippen LogP) is 5.47. The Kier molecular flexibility index (Phi) is 4.98. The fourth-order valence-corrected chi connectivity index (χ4v) is 4.03. The zero-order chi connectivity index (χ0) is 22.4. The molecule has 0 aliphatic carbocycles. The van der Waals surface area contributed by atoms with Crippen LogP contribution in [0.5, 0.6) is 0 Å². The molecular weight excluding hydrogens is 439 g/mol. The Bertz CT molecular complexity index is 1470. The number of fused-ring (bicyclic) bond motifs is 3. The second-order valence-electron chi connectivity index (χ2n) is 7.47. The van der Waals surface area contributed by atoms with Crippen molar-refractivity contribution in [2.24, 2.45) is 0 Å². The number of pyridine rings is 1. The molecule has 160 valence electrons. The molecule has 0 saturated heterocycles. The molecule has 8 heteroatoms. The number of rotatable bonds is 4. The Hall–Kier alpha value is -3.58. The van der Waals surface area contributed by atoms with Crippen LogP contribution in [0.25, 0.3) is 22.2 Å². The van der Waals surface area contributed by atoms with Crippen LogP contribution in [0.1, 0.15) is 11.1 Å². The smallest absolute Gasteiger partial charge is 0.278 e. The maximum absolute atomic E-state index is 14.3. The SMILES string of the molecule is O=c1c2cn(Cc3ccc(F)cc3)c3ccc(F)cc3c-2nn1Cc1c(F)cccc1Cl. The lowest BCUT2D eigenvalue weighted by Crippen LogP contribution is -2.18. The van der Waals surface area contributed by atoms with Gasteiger partial charge in [0, 0.05) is 28.7 Å². The Labute approximate surface area is 185 Å². The number of nitrogens with zero attached hydrogens (tertiary/aromatic N) is 3. The normalized spacial score (nSPS) is 11.5. The average Bonchev–Trinajstić information content (AvgIpc) is 3.08. The lowest BCUT2D eigenvalue weighted by atomic mass is 10.1. The molecule has 4 nitrogen and oxygen atoms in total. The van der Waals surface area contributed by atoms with E-state index in [9.17, 15) is 18.0 Å². The molecule has 3 aromatic carbocycles. The summed E-state index contributed by atoms with van der Waals surface area (Å²) in [7, 11) is 0. The average molecular weight is 454 g/mol. The van der Waals surface area contributed by atoms with Crippen molar-refractivity contribution in [2.75, 3.05) is 0 Å². The first-order valence-electron chi connectivity index (χ1n) is 9.77. The lowest BCUT2D eigenvalue weighted by Gasteiger charge is -2.14. The fourth-order valence-electron chi connectivity index (χ4n) is 3.81. The molecule has 0 amide bonds. The van der Waals surface area contributed by atoms with Gasteiger partial charge in [0.15, 0.2) is 0 Å². The minimum absolute atomic E-state index is 0.147. The summed E-state index contributed by atoms with van der Waals surface area (Å²) in [6, 6.07) is 14.5. The fraction of sp³-hybridized carbons (Fsp3) is 0.0833. The van der Waals surface area contributed by atoms with Crippen molar-refractivity contribution in [3.63, 3.8) is 0 Å². The highest BCUT2D eigenvalue weighted by Crippen LogP contribution is 2.29. The van der Waals surface area contributed by atoms with E-state index in [0.717, 1.165) is 10.2 Å². The zero-order valence-electron chi connectivity index (χ0n) is 16.5. The number of benzene rings is 3. The van der Waals surface area contributed by atoms with Gasteiger partial charge in [-0.15, -0.1) is 0 Å². The summed E-state index contributed by atoms with van der Waals surface area (Å²) in [5.41, 5.74) is 1.73. The van der Waals surface area contributed by atoms with Crippen LogP contribution < -0.4 is 5.56 Å². The molecule has 0 radical (unpaired) electrons. The summed E-state index contributed by atoms with van der Waals surface area (Å²) < 4.78 is 44.6. The molecule has 0 N–H and O–H groups in total. The minimum atomic E-state index is -0.543. The molecule has 0 atom stereocenters. The molecule has 0 spiro atoms. The van der Waals surface area contributed by atoms with Crippen molar-refractivity contribution in [2.45, 2.75) is 13.1 Å². The minimum Gasteiger partial charge on any atom is -0.342 e. The van der Waals surface area contributed by atoms with Crippen molar-refractivity contribution in [3.8, 4) is 11.3 Å². The van der Waals surface area contributed by atoms with Crippen LogP contribution in [0.15, 0.2) is 71.7 Å². The van der Waals surface area contributed by atoms with E-state index >= 15 is 0 Å². The molecule has 3 aromatic rings. The van der Waals surface area contributed by atoms with E-state index in [1.54, 1.807) is 29.0 Å². The topological polar surface area (TPSA) is 39.8 Å². The lowest BCUT2D eigenvalue weighted by molar-refractivity contribution is 0.581. The van der Waals surface area contributed by atoms with Gasteiger partial charge in [-0.05, 0) is 48.0 Å². The van der Waals surface area contributed by atoms with Gasteiger partial charge in [-0.1, -0.05) is 29.8 Å². The molecule has 0 unspecified atom stereocenters. The first-order chi connectivity index (χ1) is 15.4. The molecule has 32 heavy (non-hydrogen) atoms. The summed E-state index contributed by atoms with van der Waals surface area (Å²) in [6.45, 7) is 0.176. The highest BCUT2D eigenvalue weighted by molar-refractivity contribution is 6.31. The molecular formula is C24H15ClF3N3O. The third-order valence-electron chi connectivity index (χ3n) is 5.38. The molecule has 2 aliphatic heterocycles. The van der Waals surface area contributed by atoms with Crippen LogP contribution in [0.4, 0.5) is 13.2 Å². The van der Waals surface area contributed by atoms with E-state index in [1.807, 2.05) is 0 Å². The Morgan fingerprint density at radius 2 is 1.66 bits per heavy atom. The van der Waals surface area contributed by atoms with Gasteiger partial charge in [0.05, 0.1) is 17.6 Å². The second kappa shape index (κ2) is 7.84. The first-order valence-corrected chi connectivity index (χ1v) is 10.1. The third kappa shape index (κ3) is 3.54. The van der Waals surface area contributed by atoms with E-state index in [2.05, 4.69) is 5.10 Å². The van der Waals surface area contributed by atoms with Crippen molar-refractivity contribution in [1.29, 1.82) is 0 Å². The van der Waals surface area contributed by atoms with E-state index < -0.39 is 17.2 Å². The van der Waals surface area contributed by atoms with Crippen molar-refractivity contribution < 1.29 is 13.2 Å². The highest BCUT2D eigenvalue weighted by atomic mass is 35.5. The number of halogens is 4. The van der Waals surface area contributed by atoms with Crippen LogP contribution in [0.2, 0.25) is 5.02 Å². The predicted molar refractivity (Wildman–Crippen MR) is 117 cm³/mol. The van der Waals surface area contributed by atoms with E-state index in [1.165, 1.54) is 42.5 Å². The quantitative estimate of drug-likeness (QED) is 0.362. The summed E-state index contributed by atoms with van der Waals surface area (Å²) in [5.74, 6) is -1.37. The van der Waals surface area contributed by atoms with Gasteiger partial charge in [0.1, 0.15) is 23.1 Å². The van der Waals surface area contributed by atoms with Crippen LogP contribution in [0, 0.1) is 17.5 Å².